The molecule has 0 saturated carbocycles. The van der Waals surface area contributed by atoms with Gasteiger partial charge in [-0.25, -0.2) is 0 Å². The molecule has 1 aliphatic rings. The van der Waals surface area contributed by atoms with E-state index < -0.39 is 0 Å². The van der Waals surface area contributed by atoms with E-state index in [1.165, 1.54) is 0 Å². The molecule has 0 amide bonds. The lowest BCUT2D eigenvalue weighted by atomic mass is 10.2. The highest BCUT2D eigenvalue weighted by atomic mass is 16.5. The first kappa shape index (κ1) is 10.5. The summed E-state index contributed by atoms with van der Waals surface area (Å²) in [7, 11) is 2.00. The Labute approximate surface area is 80.1 Å². The standard InChI is InChI=1S/C10H18NO2/c1-3-4-5-10(12)13-9-6-7-11(2)8-9/h7,9H,3-6,8H2,1-2H3. The summed E-state index contributed by atoms with van der Waals surface area (Å²) < 4.78 is 5.27. The summed E-state index contributed by atoms with van der Waals surface area (Å²) in [6.07, 6.45) is 3.51. The molecule has 0 aromatic rings. The van der Waals surface area contributed by atoms with Crippen LogP contribution in [0.3, 0.4) is 0 Å². The molecule has 1 radical (unpaired) electrons. The van der Waals surface area contributed by atoms with Gasteiger partial charge < -0.3 is 4.74 Å². The molecule has 0 aliphatic carbocycles. The summed E-state index contributed by atoms with van der Waals surface area (Å²) in [5, 5.41) is 0. The van der Waals surface area contributed by atoms with Crippen LogP contribution < -0.4 is 0 Å². The summed E-state index contributed by atoms with van der Waals surface area (Å²) in [4.78, 5) is 13.3. The summed E-state index contributed by atoms with van der Waals surface area (Å²) in [5.74, 6) is -0.0458. The van der Waals surface area contributed by atoms with Crippen LogP contribution in [0.5, 0.6) is 0 Å². The fraction of sp³-hybridized carbons (Fsp3) is 0.800. The van der Waals surface area contributed by atoms with Gasteiger partial charge in [-0.2, -0.15) is 0 Å². The number of hydrogen-bond donors (Lipinski definition) is 0. The first-order valence-electron chi connectivity index (χ1n) is 4.95. The second kappa shape index (κ2) is 5.22. The van der Waals surface area contributed by atoms with Gasteiger partial charge in [0.25, 0.3) is 0 Å². The van der Waals surface area contributed by atoms with Crippen molar-refractivity contribution in [1.82, 2.24) is 4.90 Å². The van der Waals surface area contributed by atoms with Crippen molar-refractivity contribution in [2.24, 2.45) is 0 Å². The second-order valence-corrected chi connectivity index (χ2v) is 3.57. The largest absolute Gasteiger partial charge is 0.461 e. The number of nitrogens with zero attached hydrogens (tertiary/aromatic N) is 1. The zero-order valence-corrected chi connectivity index (χ0v) is 8.45. The van der Waals surface area contributed by atoms with Gasteiger partial charge in [-0.05, 0) is 13.5 Å². The van der Waals surface area contributed by atoms with Gasteiger partial charge in [0.15, 0.2) is 0 Å². The summed E-state index contributed by atoms with van der Waals surface area (Å²) in [5.41, 5.74) is 0. The number of esters is 1. The van der Waals surface area contributed by atoms with Gasteiger partial charge in [-0.3, -0.25) is 9.69 Å². The average Bonchev–Trinajstić information content (AvgIpc) is 2.48. The molecule has 1 unspecified atom stereocenters. The topological polar surface area (TPSA) is 29.5 Å². The third kappa shape index (κ3) is 3.77. The van der Waals surface area contributed by atoms with Crippen LogP contribution in [0.4, 0.5) is 0 Å². The Balaban J connectivity index is 2.13. The van der Waals surface area contributed by atoms with E-state index in [2.05, 4.69) is 18.4 Å². The average molecular weight is 184 g/mol. The predicted molar refractivity (Wildman–Crippen MR) is 51.0 cm³/mol. The molecule has 1 atom stereocenters. The molecule has 3 heteroatoms. The van der Waals surface area contributed by atoms with Gasteiger partial charge >= 0.3 is 5.97 Å². The molecule has 1 fully saturated rings. The summed E-state index contributed by atoms with van der Waals surface area (Å²) in [6, 6.07) is 0. The molecule has 1 aliphatic heterocycles. The third-order valence-corrected chi connectivity index (χ3v) is 2.20. The number of hydrogen-bond acceptors (Lipinski definition) is 3. The highest BCUT2D eigenvalue weighted by molar-refractivity contribution is 5.69. The Morgan fingerprint density at radius 3 is 3.00 bits per heavy atom. The van der Waals surface area contributed by atoms with E-state index in [0.29, 0.717) is 6.42 Å². The van der Waals surface area contributed by atoms with Gasteiger partial charge in [-0.1, -0.05) is 13.3 Å². The van der Waals surface area contributed by atoms with Crippen molar-refractivity contribution in [3.05, 3.63) is 6.54 Å². The Hall–Kier alpha value is -0.570. The molecule has 0 aromatic heterocycles. The lowest BCUT2D eigenvalue weighted by molar-refractivity contribution is -0.148. The number of carbonyl (C=O) groups is 1. The number of likely N-dealkylation sites (N-methyl/N-ethyl adjacent to an activating group) is 1. The van der Waals surface area contributed by atoms with Crippen LogP contribution in [-0.2, 0) is 9.53 Å². The van der Waals surface area contributed by atoms with Crippen molar-refractivity contribution < 1.29 is 9.53 Å². The lowest BCUT2D eigenvalue weighted by Gasteiger charge is -2.11. The van der Waals surface area contributed by atoms with Gasteiger partial charge in [0.1, 0.15) is 6.10 Å². The number of unbranched alkanes of at least 4 members (excludes halogenated alkanes) is 1. The van der Waals surface area contributed by atoms with Gasteiger partial charge in [-0.15, -0.1) is 0 Å². The number of likely N-dealkylation sites (tertiary alicyclic amines) is 1. The minimum Gasteiger partial charge on any atom is -0.461 e. The highest BCUT2D eigenvalue weighted by Crippen LogP contribution is 2.15. The fourth-order valence-corrected chi connectivity index (χ4v) is 1.42. The minimum absolute atomic E-state index is 0.0458. The van der Waals surface area contributed by atoms with E-state index in [1.54, 1.807) is 0 Å². The molecule has 1 rings (SSSR count). The summed E-state index contributed by atoms with van der Waals surface area (Å²) in [6.45, 7) is 4.99. The van der Waals surface area contributed by atoms with Gasteiger partial charge in [0.05, 0.1) is 0 Å². The SMILES string of the molecule is CCCCC(=O)OC1C[CH]N(C)C1. The Morgan fingerprint density at radius 1 is 1.69 bits per heavy atom. The molecular weight excluding hydrogens is 166 g/mol. The smallest absolute Gasteiger partial charge is 0.306 e. The van der Waals surface area contributed by atoms with E-state index in [0.717, 1.165) is 25.8 Å². The molecule has 3 nitrogen and oxygen atoms in total. The molecular formula is C10H18NO2. The Kier molecular flexibility index (Phi) is 4.22. The van der Waals surface area contributed by atoms with Crippen LogP contribution in [0.2, 0.25) is 0 Å². The maximum Gasteiger partial charge on any atom is 0.306 e. The van der Waals surface area contributed by atoms with Crippen molar-refractivity contribution in [2.75, 3.05) is 13.6 Å². The maximum atomic E-state index is 11.2. The zero-order chi connectivity index (χ0) is 9.68. The quantitative estimate of drug-likeness (QED) is 0.621. The van der Waals surface area contributed by atoms with Crippen molar-refractivity contribution in [1.29, 1.82) is 0 Å². The van der Waals surface area contributed by atoms with E-state index in [4.69, 9.17) is 4.74 Å². The Morgan fingerprint density at radius 2 is 2.46 bits per heavy atom. The van der Waals surface area contributed by atoms with Crippen LogP contribution in [0.25, 0.3) is 0 Å². The van der Waals surface area contributed by atoms with E-state index in [1.807, 2.05) is 7.05 Å². The van der Waals surface area contributed by atoms with Gasteiger partial charge in [0.2, 0.25) is 0 Å². The molecule has 0 N–H and O–H groups in total. The molecule has 75 valence electrons. The van der Waals surface area contributed by atoms with Crippen LogP contribution in [0, 0.1) is 6.54 Å². The lowest BCUT2D eigenvalue weighted by Crippen LogP contribution is -2.21. The number of ether oxygens (including phenoxy) is 1. The first-order valence-corrected chi connectivity index (χ1v) is 4.95. The minimum atomic E-state index is -0.0458. The Bertz CT molecular complexity index is 170. The second-order valence-electron chi connectivity index (χ2n) is 3.57. The van der Waals surface area contributed by atoms with Crippen LogP contribution in [-0.4, -0.2) is 30.6 Å². The fourth-order valence-electron chi connectivity index (χ4n) is 1.42. The van der Waals surface area contributed by atoms with Crippen LogP contribution >= 0.6 is 0 Å². The normalized spacial score (nSPS) is 23.4. The first-order chi connectivity index (χ1) is 6.22. The predicted octanol–water partition coefficient (Wildman–Crippen LogP) is 1.59. The van der Waals surface area contributed by atoms with E-state index >= 15 is 0 Å². The van der Waals surface area contributed by atoms with Crippen molar-refractivity contribution in [2.45, 2.75) is 38.7 Å². The number of rotatable bonds is 4. The molecule has 1 saturated heterocycles. The molecule has 0 aromatic carbocycles. The molecule has 1 heterocycles. The van der Waals surface area contributed by atoms with Crippen LogP contribution in [0.15, 0.2) is 0 Å². The van der Waals surface area contributed by atoms with E-state index in [9.17, 15) is 4.79 Å². The zero-order valence-electron chi connectivity index (χ0n) is 8.45. The van der Waals surface area contributed by atoms with Crippen LogP contribution in [0.1, 0.15) is 32.6 Å². The van der Waals surface area contributed by atoms with Gasteiger partial charge in [0, 0.05) is 25.9 Å². The highest BCUT2D eigenvalue weighted by Gasteiger charge is 2.22. The van der Waals surface area contributed by atoms with Crippen molar-refractivity contribution in [3.8, 4) is 0 Å². The molecule has 0 bridgehead atoms. The molecule has 0 spiro atoms. The maximum absolute atomic E-state index is 11.2. The number of carbonyl (C=O) groups excluding carboxylic acids is 1. The summed E-state index contributed by atoms with van der Waals surface area (Å²) >= 11 is 0. The van der Waals surface area contributed by atoms with Crippen molar-refractivity contribution >= 4 is 5.97 Å². The van der Waals surface area contributed by atoms with Crippen molar-refractivity contribution in [3.63, 3.8) is 0 Å². The van der Waals surface area contributed by atoms with E-state index in [-0.39, 0.29) is 12.1 Å². The monoisotopic (exact) mass is 184 g/mol. The molecule has 13 heavy (non-hydrogen) atoms. The third-order valence-electron chi connectivity index (χ3n) is 2.20.